The summed E-state index contributed by atoms with van der Waals surface area (Å²) in [5, 5.41) is 0. The Morgan fingerprint density at radius 2 is 1.00 bits per heavy atom. The molecule has 228 valence electrons. The molecule has 0 saturated heterocycles. The predicted molar refractivity (Wildman–Crippen MR) is 183 cm³/mol. The first-order valence-electron chi connectivity index (χ1n) is 14.8. The Balaban J connectivity index is 0.000000339. The molecule has 0 fully saturated rings. The van der Waals surface area contributed by atoms with Gasteiger partial charge >= 0.3 is 0 Å². The maximum absolute atomic E-state index is 10.4. The smallest absolute Gasteiger partial charge is 0.174 e. The van der Waals surface area contributed by atoms with E-state index in [9.17, 15) is 13.0 Å². The summed E-state index contributed by atoms with van der Waals surface area (Å²) in [4.78, 5) is 3.89. The summed E-state index contributed by atoms with van der Waals surface area (Å²) in [5.74, 6) is 0. The molecular formula is C39H42O3S2. The lowest BCUT2D eigenvalue weighted by Crippen LogP contribution is -2.12. The summed E-state index contributed by atoms with van der Waals surface area (Å²) in [5.41, 5.74) is 6.55. The van der Waals surface area contributed by atoms with Crippen LogP contribution in [-0.4, -0.2) is 13.0 Å². The molecule has 0 radical (unpaired) electrons. The van der Waals surface area contributed by atoms with E-state index in [2.05, 4.69) is 145 Å². The minimum atomic E-state index is -4.27. The average molecular weight is 623 g/mol. The third-order valence-corrected chi connectivity index (χ3v) is 10.5. The lowest BCUT2D eigenvalue weighted by atomic mass is 9.86. The molecule has 5 rings (SSSR count). The summed E-state index contributed by atoms with van der Waals surface area (Å²) in [6, 6.07) is 44.0. The number of hydrogen-bond acceptors (Lipinski definition) is 3. The molecule has 0 aliphatic carbocycles. The van der Waals surface area contributed by atoms with Crippen molar-refractivity contribution < 1.29 is 13.0 Å². The number of hydrogen-bond donors (Lipinski definition) is 0. The van der Waals surface area contributed by atoms with E-state index in [1.165, 1.54) is 49.1 Å². The second kappa shape index (κ2) is 13.6. The molecule has 0 heterocycles. The van der Waals surface area contributed by atoms with Gasteiger partial charge in [0.15, 0.2) is 14.7 Å². The highest BCUT2D eigenvalue weighted by atomic mass is 32.2. The normalized spacial score (nSPS) is 12.6. The van der Waals surface area contributed by atoms with Crippen molar-refractivity contribution in [1.82, 2.24) is 0 Å². The van der Waals surface area contributed by atoms with E-state index >= 15 is 0 Å². The van der Waals surface area contributed by atoms with Crippen LogP contribution in [0.4, 0.5) is 0 Å². The highest BCUT2D eigenvalue weighted by Gasteiger charge is 2.32. The van der Waals surface area contributed by atoms with Gasteiger partial charge in [-0.05, 0) is 83.0 Å². The van der Waals surface area contributed by atoms with E-state index in [0.717, 1.165) is 5.56 Å². The Morgan fingerprint density at radius 3 is 1.50 bits per heavy atom. The minimum Gasteiger partial charge on any atom is -0.744 e. The second-order valence-corrected chi connectivity index (χ2v) is 16.4. The third-order valence-electron chi connectivity index (χ3n) is 7.41. The van der Waals surface area contributed by atoms with Gasteiger partial charge in [-0.3, -0.25) is 0 Å². The Morgan fingerprint density at radius 1 is 0.545 bits per heavy atom. The first-order chi connectivity index (χ1) is 20.6. The molecule has 0 amide bonds. The van der Waals surface area contributed by atoms with Gasteiger partial charge in [0.25, 0.3) is 0 Å². The molecule has 1 atom stereocenters. The molecule has 5 aromatic rings. The average Bonchev–Trinajstić information content (AvgIpc) is 2.98. The molecule has 0 aliphatic heterocycles. The van der Waals surface area contributed by atoms with Crippen LogP contribution in [0, 0.1) is 6.92 Å². The van der Waals surface area contributed by atoms with Crippen LogP contribution in [0.25, 0.3) is 11.1 Å². The zero-order chi connectivity index (χ0) is 32.1. The van der Waals surface area contributed by atoms with Gasteiger partial charge in [0, 0.05) is 5.56 Å². The molecule has 44 heavy (non-hydrogen) atoms. The highest BCUT2D eigenvalue weighted by molar-refractivity contribution is 7.97. The molecule has 0 bridgehead atoms. The molecule has 1 unspecified atom stereocenters. The maximum atomic E-state index is 10.4. The zero-order valence-electron chi connectivity index (χ0n) is 26.7. The maximum Gasteiger partial charge on any atom is 0.174 e. The van der Waals surface area contributed by atoms with E-state index in [1.807, 2.05) is 6.92 Å². The number of aryl methyl sites for hydroxylation is 1. The van der Waals surface area contributed by atoms with Gasteiger partial charge in [0.2, 0.25) is 0 Å². The van der Waals surface area contributed by atoms with E-state index in [1.54, 1.807) is 12.1 Å². The summed E-state index contributed by atoms with van der Waals surface area (Å²) in [6.07, 6.45) is 0. The van der Waals surface area contributed by atoms with Crippen LogP contribution in [0.3, 0.4) is 0 Å². The Hall–Kier alpha value is -3.64. The van der Waals surface area contributed by atoms with Crippen molar-refractivity contribution in [2.24, 2.45) is 0 Å². The number of benzene rings is 5. The van der Waals surface area contributed by atoms with Gasteiger partial charge < -0.3 is 4.55 Å². The van der Waals surface area contributed by atoms with Crippen LogP contribution >= 0.6 is 0 Å². The van der Waals surface area contributed by atoms with Gasteiger partial charge in [-0.15, -0.1) is 0 Å². The van der Waals surface area contributed by atoms with Crippen molar-refractivity contribution in [2.75, 3.05) is 0 Å². The highest BCUT2D eigenvalue weighted by Crippen LogP contribution is 2.38. The lowest BCUT2D eigenvalue weighted by molar-refractivity contribution is 0.463. The van der Waals surface area contributed by atoms with Gasteiger partial charge in [0.05, 0.1) is 15.8 Å². The molecule has 5 aromatic carbocycles. The van der Waals surface area contributed by atoms with Crippen molar-refractivity contribution in [1.29, 1.82) is 0 Å². The van der Waals surface area contributed by atoms with E-state index < -0.39 is 10.1 Å². The van der Waals surface area contributed by atoms with E-state index in [0.29, 0.717) is 0 Å². The molecule has 0 spiro atoms. The summed E-state index contributed by atoms with van der Waals surface area (Å²) in [7, 11) is -4.45. The second-order valence-electron chi connectivity index (χ2n) is 13.0. The van der Waals surface area contributed by atoms with Gasteiger partial charge in [-0.2, -0.15) is 0 Å². The third kappa shape index (κ3) is 8.50. The Bertz CT molecular complexity index is 1760. The topological polar surface area (TPSA) is 57.2 Å². The summed E-state index contributed by atoms with van der Waals surface area (Å²) < 4.78 is 31.2. The van der Waals surface area contributed by atoms with Crippen LogP contribution in [0.2, 0.25) is 0 Å². The van der Waals surface area contributed by atoms with Gasteiger partial charge in [0.1, 0.15) is 10.1 Å². The molecule has 3 nitrogen and oxygen atoms in total. The first kappa shape index (κ1) is 33.3. The summed E-state index contributed by atoms with van der Waals surface area (Å²) in [6.45, 7) is 15.4. The van der Waals surface area contributed by atoms with Crippen LogP contribution in [-0.2, 0) is 31.8 Å². The lowest BCUT2D eigenvalue weighted by Gasteiger charge is -2.20. The zero-order valence-corrected chi connectivity index (χ0v) is 28.3. The van der Waals surface area contributed by atoms with Crippen molar-refractivity contribution in [3.8, 4) is 11.1 Å². The predicted octanol–water partition coefficient (Wildman–Crippen LogP) is 9.94. The summed E-state index contributed by atoms with van der Waals surface area (Å²) >= 11 is 0. The van der Waals surface area contributed by atoms with E-state index in [4.69, 9.17) is 0 Å². The molecule has 0 aliphatic rings. The van der Waals surface area contributed by atoms with Crippen LogP contribution in [0.15, 0.2) is 147 Å². The van der Waals surface area contributed by atoms with Crippen molar-refractivity contribution in [3.05, 3.63) is 144 Å². The fourth-order valence-electron chi connectivity index (χ4n) is 4.78. The Kier molecular flexibility index (Phi) is 10.2. The molecule has 0 saturated carbocycles. The molecule has 0 N–H and O–H groups in total. The van der Waals surface area contributed by atoms with Crippen molar-refractivity contribution >= 4 is 21.0 Å². The monoisotopic (exact) mass is 622 g/mol. The largest absolute Gasteiger partial charge is 0.744 e. The minimum absolute atomic E-state index is 0.149. The van der Waals surface area contributed by atoms with E-state index in [-0.39, 0.29) is 26.6 Å². The molecule has 5 heteroatoms. The van der Waals surface area contributed by atoms with Crippen LogP contribution in [0.5, 0.6) is 0 Å². The number of rotatable bonds is 5. The van der Waals surface area contributed by atoms with Crippen LogP contribution < -0.4 is 0 Å². The van der Waals surface area contributed by atoms with Gasteiger partial charge in [-0.25, -0.2) is 8.42 Å². The fraction of sp³-hybridized carbons (Fsp3) is 0.231. The first-order valence-corrected chi connectivity index (χ1v) is 17.4. The standard InChI is InChI=1S/C32H35S.C7H8O3S/c1-31(2,3)25-18-16-24(17-19-25)29-14-10-11-15-30(29)33(27-12-8-7-9-13-27)28-22-20-26(21-23-28)32(4,5)6;1-6-2-4-7(5-3-6)11(8,9)10/h7-23H,1-6H3;2-5H,1H3,(H,8,9,10)/q+1;/p-1. The van der Waals surface area contributed by atoms with Crippen molar-refractivity contribution in [3.63, 3.8) is 0 Å². The van der Waals surface area contributed by atoms with Crippen LogP contribution in [0.1, 0.15) is 58.2 Å². The SMILES string of the molecule is CC(C)(C)c1ccc(-c2ccccc2[S+](c2ccccc2)c2ccc(C(C)(C)C)cc2)cc1.Cc1ccc(S(=O)(=O)[O-])cc1. The molecule has 0 aromatic heterocycles. The molecular weight excluding hydrogens is 581 g/mol. The quantitative estimate of drug-likeness (QED) is 0.145. The van der Waals surface area contributed by atoms with Gasteiger partial charge in [-0.1, -0.05) is 126 Å². The Labute approximate surface area is 267 Å². The fourth-order valence-corrected chi connectivity index (χ4v) is 7.48. The van der Waals surface area contributed by atoms with Crippen molar-refractivity contribution in [2.45, 2.75) is 78.9 Å².